The van der Waals surface area contributed by atoms with Crippen molar-refractivity contribution in [3.8, 4) is 17.2 Å². The van der Waals surface area contributed by atoms with Gasteiger partial charge in [-0.25, -0.2) is 4.98 Å². The van der Waals surface area contributed by atoms with Crippen LogP contribution in [-0.4, -0.2) is 17.4 Å². The number of amides is 1. The lowest BCUT2D eigenvalue weighted by atomic mass is 9.95. The Balaban J connectivity index is 1.39. The maximum Gasteiger partial charge on any atom is 0.251 e. The molecule has 0 saturated heterocycles. The Kier molecular flexibility index (Phi) is 6.02. The summed E-state index contributed by atoms with van der Waals surface area (Å²) < 4.78 is 0. The number of hydrogen-bond acceptors (Lipinski definition) is 4. The number of hydrogen-bond donors (Lipinski definition) is 1. The van der Waals surface area contributed by atoms with Gasteiger partial charge in [-0.05, 0) is 49.8 Å². The van der Waals surface area contributed by atoms with E-state index in [-0.39, 0.29) is 5.91 Å². The van der Waals surface area contributed by atoms with Gasteiger partial charge in [0.2, 0.25) is 0 Å². The lowest BCUT2D eigenvalue weighted by molar-refractivity contribution is 0.0954. The second kappa shape index (κ2) is 9.02. The zero-order valence-corrected chi connectivity index (χ0v) is 17.1. The van der Waals surface area contributed by atoms with Crippen molar-refractivity contribution < 1.29 is 4.79 Å². The van der Waals surface area contributed by atoms with Crippen LogP contribution in [0.2, 0.25) is 0 Å². The summed E-state index contributed by atoms with van der Waals surface area (Å²) in [6, 6.07) is 17.1. The molecule has 1 aromatic heterocycles. The van der Waals surface area contributed by atoms with Crippen LogP contribution in [0.3, 0.4) is 0 Å². The molecule has 4 rings (SSSR count). The first-order valence-corrected chi connectivity index (χ1v) is 10.9. The molecule has 146 valence electrons. The molecule has 2 aromatic carbocycles. The minimum absolute atomic E-state index is 0.105. The van der Waals surface area contributed by atoms with Gasteiger partial charge in [0.25, 0.3) is 5.91 Å². The zero-order valence-electron chi connectivity index (χ0n) is 16.3. The van der Waals surface area contributed by atoms with Gasteiger partial charge in [0.05, 0.1) is 22.3 Å². The molecule has 0 atom stereocenters. The molecule has 1 N–H and O–H groups in total. The quantitative estimate of drug-likeness (QED) is 0.596. The SMILES string of the molecule is N#Cc1ccccc1-c1ccccc1C(=O)NCCCc1nc2c(s1)CCCC2. The minimum atomic E-state index is -0.105. The standard InChI is InChI=1S/C24H23N3OS/c25-16-17-8-1-2-9-18(17)19-10-3-4-11-20(19)24(28)26-15-7-14-23-27-21-12-5-6-13-22(21)29-23/h1-4,8-11H,5-7,12-15H2,(H,26,28). The third-order valence-corrected chi connectivity index (χ3v) is 6.47. The van der Waals surface area contributed by atoms with E-state index >= 15 is 0 Å². The van der Waals surface area contributed by atoms with Gasteiger partial charge in [0.15, 0.2) is 0 Å². The smallest absolute Gasteiger partial charge is 0.251 e. The van der Waals surface area contributed by atoms with Crippen molar-refractivity contribution in [1.82, 2.24) is 10.3 Å². The third-order valence-electron chi connectivity index (χ3n) is 5.25. The molecule has 4 nitrogen and oxygen atoms in total. The lowest BCUT2D eigenvalue weighted by Gasteiger charge is -2.11. The van der Waals surface area contributed by atoms with Gasteiger partial charge >= 0.3 is 0 Å². The van der Waals surface area contributed by atoms with E-state index in [0.717, 1.165) is 30.4 Å². The van der Waals surface area contributed by atoms with Gasteiger partial charge in [-0.2, -0.15) is 5.26 Å². The van der Waals surface area contributed by atoms with Gasteiger partial charge in [-0.15, -0.1) is 11.3 Å². The Bertz CT molecular complexity index is 1040. The van der Waals surface area contributed by atoms with E-state index in [2.05, 4.69) is 11.4 Å². The molecule has 0 saturated carbocycles. The maximum absolute atomic E-state index is 12.8. The van der Waals surface area contributed by atoms with E-state index < -0.39 is 0 Å². The second-order valence-corrected chi connectivity index (χ2v) is 8.42. The monoisotopic (exact) mass is 401 g/mol. The van der Waals surface area contributed by atoms with Crippen molar-refractivity contribution in [3.05, 3.63) is 75.2 Å². The lowest BCUT2D eigenvalue weighted by Crippen LogP contribution is -2.25. The van der Waals surface area contributed by atoms with E-state index in [1.54, 1.807) is 6.07 Å². The summed E-state index contributed by atoms with van der Waals surface area (Å²) in [6.45, 7) is 0.608. The van der Waals surface area contributed by atoms with Crippen molar-refractivity contribution >= 4 is 17.2 Å². The molecule has 3 aromatic rings. The molecular formula is C24H23N3OS. The van der Waals surface area contributed by atoms with Crippen molar-refractivity contribution in [3.63, 3.8) is 0 Å². The number of carbonyl (C=O) groups excluding carboxylic acids is 1. The van der Waals surface area contributed by atoms with Crippen LogP contribution in [0.25, 0.3) is 11.1 Å². The summed E-state index contributed by atoms with van der Waals surface area (Å²) in [5.74, 6) is -0.105. The normalized spacial score (nSPS) is 12.8. The summed E-state index contributed by atoms with van der Waals surface area (Å²) in [5, 5.41) is 13.6. The number of nitriles is 1. The summed E-state index contributed by atoms with van der Waals surface area (Å²) in [6.07, 6.45) is 6.58. The number of nitrogens with zero attached hydrogens (tertiary/aromatic N) is 2. The van der Waals surface area contributed by atoms with Crippen LogP contribution in [0.5, 0.6) is 0 Å². The van der Waals surface area contributed by atoms with E-state index in [1.165, 1.54) is 34.8 Å². The molecule has 0 fully saturated rings. The Morgan fingerprint density at radius 3 is 2.66 bits per heavy atom. The van der Waals surface area contributed by atoms with Crippen molar-refractivity contribution in [1.29, 1.82) is 5.26 Å². The number of carbonyl (C=O) groups is 1. The fourth-order valence-electron chi connectivity index (χ4n) is 3.78. The van der Waals surface area contributed by atoms with Crippen molar-refractivity contribution in [2.45, 2.75) is 38.5 Å². The molecule has 1 aliphatic carbocycles. The molecule has 1 heterocycles. The van der Waals surface area contributed by atoms with E-state index in [4.69, 9.17) is 4.98 Å². The Hall–Kier alpha value is -2.97. The molecule has 1 aliphatic rings. The Morgan fingerprint density at radius 2 is 1.83 bits per heavy atom. The predicted molar refractivity (Wildman–Crippen MR) is 116 cm³/mol. The Morgan fingerprint density at radius 1 is 1.07 bits per heavy atom. The third kappa shape index (κ3) is 4.38. The van der Waals surface area contributed by atoms with Crippen LogP contribution in [0.15, 0.2) is 48.5 Å². The van der Waals surface area contributed by atoms with Crippen LogP contribution >= 0.6 is 11.3 Å². The van der Waals surface area contributed by atoms with Crippen LogP contribution in [0.1, 0.15) is 50.8 Å². The van der Waals surface area contributed by atoms with Crippen molar-refractivity contribution in [2.75, 3.05) is 6.54 Å². The molecule has 0 bridgehead atoms. The fourth-order valence-corrected chi connectivity index (χ4v) is 4.98. The first-order valence-electron chi connectivity index (χ1n) is 10.1. The number of fused-ring (bicyclic) bond motifs is 1. The maximum atomic E-state index is 12.8. The largest absolute Gasteiger partial charge is 0.352 e. The number of aromatic nitrogens is 1. The first-order chi connectivity index (χ1) is 14.3. The van der Waals surface area contributed by atoms with Gasteiger partial charge in [0.1, 0.15) is 0 Å². The molecule has 5 heteroatoms. The fraction of sp³-hybridized carbons (Fsp3) is 0.292. The van der Waals surface area contributed by atoms with E-state index in [1.807, 2.05) is 53.8 Å². The average Bonchev–Trinajstić information content (AvgIpc) is 3.19. The highest BCUT2D eigenvalue weighted by Gasteiger charge is 2.16. The molecule has 1 amide bonds. The molecule has 0 unspecified atom stereocenters. The van der Waals surface area contributed by atoms with Gasteiger partial charge in [0, 0.05) is 29.0 Å². The summed E-state index contributed by atoms with van der Waals surface area (Å²) in [5.41, 5.74) is 4.04. The number of nitrogens with one attached hydrogen (secondary N) is 1. The van der Waals surface area contributed by atoms with Crippen LogP contribution in [0, 0.1) is 11.3 Å². The van der Waals surface area contributed by atoms with Gasteiger partial charge in [-0.3, -0.25) is 4.79 Å². The predicted octanol–water partition coefficient (Wildman–Crippen LogP) is 4.92. The number of benzene rings is 2. The van der Waals surface area contributed by atoms with Crippen LogP contribution in [-0.2, 0) is 19.3 Å². The number of aryl methyl sites for hydroxylation is 3. The molecular weight excluding hydrogens is 378 g/mol. The summed E-state index contributed by atoms with van der Waals surface area (Å²) >= 11 is 1.84. The topological polar surface area (TPSA) is 65.8 Å². The van der Waals surface area contributed by atoms with E-state index in [0.29, 0.717) is 17.7 Å². The summed E-state index contributed by atoms with van der Waals surface area (Å²) in [7, 11) is 0. The van der Waals surface area contributed by atoms with Crippen molar-refractivity contribution in [2.24, 2.45) is 0 Å². The second-order valence-electron chi connectivity index (χ2n) is 7.25. The first kappa shape index (κ1) is 19.4. The number of thiazole rings is 1. The van der Waals surface area contributed by atoms with Crippen LogP contribution in [0.4, 0.5) is 0 Å². The van der Waals surface area contributed by atoms with Gasteiger partial charge in [-0.1, -0.05) is 36.4 Å². The number of rotatable bonds is 6. The minimum Gasteiger partial charge on any atom is -0.352 e. The Labute approximate surface area is 175 Å². The zero-order chi connectivity index (χ0) is 20.1. The molecule has 29 heavy (non-hydrogen) atoms. The highest BCUT2D eigenvalue weighted by atomic mass is 32.1. The highest BCUT2D eigenvalue weighted by Crippen LogP contribution is 2.28. The summed E-state index contributed by atoms with van der Waals surface area (Å²) in [4.78, 5) is 19.0. The van der Waals surface area contributed by atoms with Crippen LogP contribution < -0.4 is 5.32 Å². The van der Waals surface area contributed by atoms with E-state index in [9.17, 15) is 10.1 Å². The van der Waals surface area contributed by atoms with Gasteiger partial charge < -0.3 is 5.32 Å². The average molecular weight is 402 g/mol. The molecule has 0 spiro atoms. The molecule has 0 aliphatic heterocycles. The highest BCUT2D eigenvalue weighted by molar-refractivity contribution is 7.11. The molecule has 0 radical (unpaired) electrons.